The highest BCUT2D eigenvalue weighted by Gasteiger charge is 2.29. The van der Waals surface area contributed by atoms with Crippen molar-refractivity contribution < 1.29 is 9.90 Å². The van der Waals surface area contributed by atoms with Gasteiger partial charge in [0.25, 0.3) is 0 Å². The van der Waals surface area contributed by atoms with Crippen LogP contribution in [0.15, 0.2) is 47.8 Å². The molecule has 0 spiro atoms. The van der Waals surface area contributed by atoms with Crippen molar-refractivity contribution in [1.29, 1.82) is 0 Å². The summed E-state index contributed by atoms with van der Waals surface area (Å²) in [5, 5.41) is 19.1. The quantitative estimate of drug-likeness (QED) is 0.524. The molecule has 0 bridgehead atoms. The molecule has 27 heavy (non-hydrogen) atoms. The highest BCUT2D eigenvalue weighted by molar-refractivity contribution is 7.16. The molecule has 1 atom stereocenters. The molecule has 1 saturated carbocycles. The molecule has 0 aliphatic heterocycles. The predicted octanol–water partition coefficient (Wildman–Crippen LogP) is 4.99. The summed E-state index contributed by atoms with van der Waals surface area (Å²) >= 11 is 3.13. The smallest absolute Gasteiger partial charge is 0.320 e. The second-order valence-electron chi connectivity index (χ2n) is 6.55. The number of benzene rings is 1. The number of carbonyl (C=O) groups excluding carboxylic acids is 1. The van der Waals surface area contributed by atoms with Crippen LogP contribution in [0.1, 0.15) is 41.1 Å². The topological polar surface area (TPSA) is 74.2 Å². The summed E-state index contributed by atoms with van der Waals surface area (Å²) in [6, 6.07) is 13.4. The van der Waals surface area contributed by atoms with Crippen molar-refractivity contribution in [3.05, 3.63) is 57.7 Å². The van der Waals surface area contributed by atoms with Gasteiger partial charge < -0.3 is 10.4 Å². The molecule has 1 fully saturated rings. The molecular weight excluding hydrogens is 378 g/mol. The van der Waals surface area contributed by atoms with Gasteiger partial charge in [0.05, 0.1) is 11.0 Å². The van der Waals surface area contributed by atoms with Crippen molar-refractivity contribution in [2.75, 3.05) is 11.9 Å². The Hall–Kier alpha value is -2.22. The molecule has 140 valence electrons. The molecule has 2 aromatic heterocycles. The number of nitrogens with zero attached hydrogens (tertiary/aromatic N) is 1. The molecule has 4 rings (SSSR count). The van der Waals surface area contributed by atoms with E-state index in [4.69, 9.17) is 4.98 Å². The van der Waals surface area contributed by atoms with Gasteiger partial charge in [0.2, 0.25) is 0 Å². The van der Waals surface area contributed by atoms with E-state index in [0.717, 1.165) is 26.1 Å². The molecule has 0 saturated heterocycles. The van der Waals surface area contributed by atoms with Gasteiger partial charge in [0, 0.05) is 23.0 Å². The lowest BCUT2D eigenvalue weighted by atomic mass is 10.1. The lowest BCUT2D eigenvalue weighted by molar-refractivity contribution is 0.239. The number of aliphatic hydroxyl groups is 1. The van der Waals surface area contributed by atoms with Crippen molar-refractivity contribution in [3.63, 3.8) is 0 Å². The van der Waals surface area contributed by atoms with E-state index in [1.165, 1.54) is 12.8 Å². The number of rotatable bonds is 7. The molecular formula is C20H21N3O2S2. The van der Waals surface area contributed by atoms with Crippen LogP contribution < -0.4 is 10.6 Å². The van der Waals surface area contributed by atoms with Crippen LogP contribution in [0, 0.1) is 0 Å². The van der Waals surface area contributed by atoms with Crippen LogP contribution in [-0.2, 0) is 0 Å². The molecule has 1 aromatic carbocycles. The van der Waals surface area contributed by atoms with E-state index in [0.29, 0.717) is 12.3 Å². The standard InChI is InChI=1S/C20H21N3O2S2/c24-11-10-15(16-7-4-12-26-16)21-20(25)23-19-17(13-5-2-1-3-6-13)22-18(27-19)14-8-9-14/h1-7,12,14-15,24H,8-11H2,(H2,21,23,25)/t15-/m0/s1. The van der Waals surface area contributed by atoms with Gasteiger partial charge in [-0.3, -0.25) is 5.32 Å². The van der Waals surface area contributed by atoms with E-state index in [1.807, 2.05) is 47.8 Å². The minimum absolute atomic E-state index is 0.0184. The third-order valence-electron chi connectivity index (χ3n) is 4.45. The summed E-state index contributed by atoms with van der Waals surface area (Å²) in [6.07, 6.45) is 2.82. The number of thiazole rings is 1. The molecule has 7 heteroatoms. The van der Waals surface area contributed by atoms with Crippen molar-refractivity contribution in [2.45, 2.75) is 31.2 Å². The van der Waals surface area contributed by atoms with Gasteiger partial charge in [-0.05, 0) is 30.7 Å². The number of aromatic nitrogens is 1. The van der Waals surface area contributed by atoms with Crippen molar-refractivity contribution >= 4 is 33.7 Å². The van der Waals surface area contributed by atoms with Crippen LogP contribution in [0.2, 0.25) is 0 Å². The molecule has 1 aliphatic rings. The van der Waals surface area contributed by atoms with E-state index in [9.17, 15) is 9.90 Å². The molecule has 5 nitrogen and oxygen atoms in total. The highest BCUT2D eigenvalue weighted by Crippen LogP contribution is 2.46. The van der Waals surface area contributed by atoms with Crippen LogP contribution in [-0.4, -0.2) is 22.7 Å². The van der Waals surface area contributed by atoms with Crippen LogP contribution in [0.5, 0.6) is 0 Å². The van der Waals surface area contributed by atoms with Gasteiger partial charge in [-0.25, -0.2) is 9.78 Å². The lowest BCUT2D eigenvalue weighted by Gasteiger charge is -2.16. The lowest BCUT2D eigenvalue weighted by Crippen LogP contribution is -2.32. The molecule has 2 heterocycles. The zero-order valence-electron chi connectivity index (χ0n) is 14.7. The van der Waals surface area contributed by atoms with Crippen LogP contribution in [0.4, 0.5) is 9.80 Å². The largest absolute Gasteiger partial charge is 0.396 e. The average Bonchev–Trinajstić information content (AvgIpc) is 3.22. The number of thiophene rings is 1. The number of hydrogen-bond donors (Lipinski definition) is 3. The summed E-state index contributed by atoms with van der Waals surface area (Å²) in [5.74, 6) is 0.532. The predicted molar refractivity (Wildman–Crippen MR) is 110 cm³/mol. The monoisotopic (exact) mass is 399 g/mol. The fraction of sp³-hybridized carbons (Fsp3) is 0.300. The average molecular weight is 400 g/mol. The normalized spacial score (nSPS) is 14.7. The summed E-state index contributed by atoms with van der Waals surface area (Å²) in [4.78, 5) is 18.5. The zero-order chi connectivity index (χ0) is 18.6. The van der Waals surface area contributed by atoms with Gasteiger partial charge in [-0.1, -0.05) is 36.4 Å². The van der Waals surface area contributed by atoms with E-state index in [2.05, 4.69) is 10.6 Å². The van der Waals surface area contributed by atoms with E-state index >= 15 is 0 Å². The number of amides is 2. The minimum Gasteiger partial charge on any atom is -0.396 e. The Labute approximate surface area is 166 Å². The fourth-order valence-electron chi connectivity index (χ4n) is 2.92. The third-order valence-corrected chi connectivity index (χ3v) is 6.57. The molecule has 3 N–H and O–H groups in total. The van der Waals surface area contributed by atoms with E-state index in [1.54, 1.807) is 22.7 Å². The number of urea groups is 1. The first-order valence-electron chi connectivity index (χ1n) is 9.02. The van der Waals surface area contributed by atoms with Crippen LogP contribution in [0.3, 0.4) is 0 Å². The number of hydrogen-bond acceptors (Lipinski definition) is 5. The summed E-state index contributed by atoms with van der Waals surface area (Å²) in [5.41, 5.74) is 1.83. The SMILES string of the molecule is O=C(Nc1sc(C2CC2)nc1-c1ccccc1)N[C@@H](CCO)c1cccs1. The van der Waals surface area contributed by atoms with Crippen molar-refractivity contribution in [1.82, 2.24) is 10.3 Å². The fourth-order valence-corrected chi connectivity index (χ4v) is 4.88. The Kier molecular flexibility index (Phi) is 5.52. The molecule has 0 unspecified atom stereocenters. The van der Waals surface area contributed by atoms with Gasteiger partial charge in [-0.15, -0.1) is 22.7 Å². The Morgan fingerprint density at radius 3 is 2.70 bits per heavy atom. The van der Waals surface area contributed by atoms with E-state index in [-0.39, 0.29) is 18.7 Å². The second-order valence-corrected chi connectivity index (χ2v) is 8.56. The maximum absolute atomic E-state index is 12.7. The summed E-state index contributed by atoms with van der Waals surface area (Å²) < 4.78 is 0. The molecule has 0 radical (unpaired) electrons. The van der Waals surface area contributed by atoms with Crippen molar-refractivity contribution in [2.24, 2.45) is 0 Å². The highest BCUT2D eigenvalue weighted by atomic mass is 32.1. The molecule has 3 aromatic rings. The number of aliphatic hydroxyl groups excluding tert-OH is 1. The maximum atomic E-state index is 12.7. The van der Waals surface area contributed by atoms with Crippen LogP contribution >= 0.6 is 22.7 Å². The van der Waals surface area contributed by atoms with Gasteiger partial charge in [-0.2, -0.15) is 0 Å². The minimum atomic E-state index is -0.273. The number of nitrogens with one attached hydrogen (secondary N) is 2. The van der Waals surface area contributed by atoms with E-state index < -0.39 is 0 Å². The van der Waals surface area contributed by atoms with Gasteiger partial charge >= 0.3 is 6.03 Å². The Morgan fingerprint density at radius 1 is 1.22 bits per heavy atom. The molecule has 1 aliphatic carbocycles. The van der Waals surface area contributed by atoms with Crippen molar-refractivity contribution in [3.8, 4) is 11.3 Å². The number of carbonyl (C=O) groups is 1. The Balaban J connectivity index is 1.53. The first kappa shape index (κ1) is 18.2. The van der Waals surface area contributed by atoms with Crippen LogP contribution in [0.25, 0.3) is 11.3 Å². The third kappa shape index (κ3) is 4.37. The van der Waals surface area contributed by atoms with Gasteiger partial charge in [0.15, 0.2) is 0 Å². The summed E-state index contributed by atoms with van der Waals surface area (Å²) in [7, 11) is 0. The summed E-state index contributed by atoms with van der Waals surface area (Å²) in [6.45, 7) is 0.0184. The zero-order valence-corrected chi connectivity index (χ0v) is 16.4. The number of anilines is 1. The maximum Gasteiger partial charge on any atom is 0.320 e. The Bertz CT molecular complexity index is 889. The second kappa shape index (κ2) is 8.21. The Morgan fingerprint density at radius 2 is 2.04 bits per heavy atom. The van der Waals surface area contributed by atoms with Gasteiger partial charge in [0.1, 0.15) is 10.7 Å². The first-order chi connectivity index (χ1) is 13.2. The first-order valence-corrected chi connectivity index (χ1v) is 10.7. The molecule has 2 amide bonds.